The number of pyridine rings is 1. The van der Waals surface area contributed by atoms with Gasteiger partial charge in [-0.15, -0.1) is 0 Å². The Morgan fingerprint density at radius 3 is 2.75 bits per heavy atom. The van der Waals surface area contributed by atoms with Crippen molar-refractivity contribution in [2.75, 3.05) is 11.1 Å². The molecule has 100 valence electrons. The molecule has 0 saturated heterocycles. The fraction of sp³-hybridized carbons (Fsp3) is 0.0625. The molecule has 0 fully saturated rings. The standard InChI is InChI=1S/C16H14ClN3/c1-10-8-12(17)2-5-15(10)20-16-14-4-3-13(18)9-11(14)6-7-19-16/h2-9H,18H2,1H3,(H,19,20). The van der Waals surface area contributed by atoms with Crippen LogP contribution in [0, 0.1) is 6.92 Å². The smallest absolute Gasteiger partial charge is 0.138 e. The third kappa shape index (κ3) is 2.40. The second-order valence-corrected chi connectivity index (χ2v) is 5.16. The van der Waals surface area contributed by atoms with Gasteiger partial charge in [0, 0.05) is 28.0 Å². The van der Waals surface area contributed by atoms with Crippen LogP contribution in [0.2, 0.25) is 5.02 Å². The maximum atomic E-state index is 5.98. The molecular formula is C16H14ClN3. The minimum Gasteiger partial charge on any atom is -0.399 e. The topological polar surface area (TPSA) is 50.9 Å². The minimum atomic E-state index is 0.728. The van der Waals surface area contributed by atoms with Crippen LogP contribution in [0.15, 0.2) is 48.7 Å². The van der Waals surface area contributed by atoms with E-state index < -0.39 is 0 Å². The van der Waals surface area contributed by atoms with Crippen LogP contribution in [0.4, 0.5) is 17.2 Å². The quantitative estimate of drug-likeness (QED) is 0.680. The Balaban J connectivity index is 2.06. The van der Waals surface area contributed by atoms with Gasteiger partial charge < -0.3 is 11.1 Å². The second-order valence-electron chi connectivity index (χ2n) is 4.72. The summed E-state index contributed by atoms with van der Waals surface area (Å²) in [5.74, 6) is 0.813. The molecule has 0 aliphatic carbocycles. The number of benzene rings is 2. The number of nitrogen functional groups attached to an aromatic ring is 1. The van der Waals surface area contributed by atoms with Crippen LogP contribution in [0.5, 0.6) is 0 Å². The molecule has 1 heterocycles. The molecule has 0 amide bonds. The first-order valence-corrected chi connectivity index (χ1v) is 6.69. The number of aryl methyl sites for hydroxylation is 1. The van der Waals surface area contributed by atoms with Crippen molar-refractivity contribution in [3.63, 3.8) is 0 Å². The van der Waals surface area contributed by atoms with Crippen molar-refractivity contribution in [2.24, 2.45) is 0 Å². The largest absolute Gasteiger partial charge is 0.399 e. The van der Waals surface area contributed by atoms with E-state index in [-0.39, 0.29) is 0 Å². The molecule has 0 bridgehead atoms. The van der Waals surface area contributed by atoms with Gasteiger partial charge in [-0.05, 0) is 60.3 Å². The monoisotopic (exact) mass is 283 g/mol. The van der Waals surface area contributed by atoms with E-state index in [1.165, 1.54) is 0 Å². The number of anilines is 3. The maximum absolute atomic E-state index is 5.98. The number of nitrogens with two attached hydrogens (primary N) is 1. The van der Waals surface area contributed by atoms with E-state index in [0.717, 1.165) is 38.6 Å². The SMILES string of the molecule is Cc1cc(Cl)ccc1Nc1nccc2cc(N)ccc12. The van der Waals surface area contributed by atoms with E-state index in [0.29, 0.717) is 0 Å². The average molecular weight is 284 g/mol. The Morgan fingerprint density at radius 1 is 1.10 bits per heavy atom. The lowest BCUT2D eigenvalue weighted by atomic mass is 10.1. The fourth-order valence-electron chi connectivity index (χ4n) is 2.19. The minimum absolute atomic E-state index is 0.728. The lowest BCUT2D eigenvalue weighted by Gasteiger charge is -2.11. The van der Waals surface area contributed by atoms with Crippen LogP contribution in [0.25, 0.3) is 10.8 Å². The van der Waals surface area contributed by atoms with Crippen LogP contribution >= 0.6 is 11.6 Å². The Morgan fingerprint density at radius 2 is 1.95 bits per heavy atom. The number of rotatable bonds is 2. The third-order valence-electron chi connectivity index (χ3n) is 3.23. The molecule has 3 nitrogen and oxygen atoms in total. The number of hydrogen-bond donors (Lipinski definition) is 2. The molecule has 3 aromatic rings. The first-order valence-electron chi connectivity index (χ1n) is 6.31. The highest BCUT2D eigenvalue weighted by atomic mass is 35.5. The predicted octanol–water partition coefficient (Wildman–Crippen LogP) is 4.52. The van der Waals surface area contributed by atoms with Crippen molar-refractivity contribution < 1.29 is 0 Å². The molecule has 0 spiro atoms. The predicted molar refractivity (Wildman–Crippen MR) is 85.6 cm³/mol. The zero-order chi connectivity index (χ0) is 14.1. The number of nitrogens with zero attached hydrogens (tertiary/aromatic N) is 1. The van der Waals surface area contributed by atoms with E-state index in [4.69, 9.17) is 17.3 Å². The van der Waals surface area contributed by atoms with Crippen LogP contribution < -0.4 is 11.1 Å². The second kappa shape index (κ2) is 5.02. The van der Waals surface area contributed by atoms with E-state index in [1.807, 2.05) is 49.4 Å². The maximum Gasteiger partial charge on any atom is 0.138 e. The molecule has 0 radical (unpaired) electrons. The molecule has 3 rings (SSSR count). The molecule has 20 heavy (non-hydrogen) atoms. The van der Waals surface area contributed by atoms with Crippen molar-refractivity contribution in [2.45, 2.75) is 6.92 Å². The summed E-state index contributed by atoms with van der Waals surface area (Å²) in [5.41, 5.74) is 8.63. The van der Waals surface area contributed by atoms with Gasteiger partial charge in [0.05, 0.1) is 0 Å². The Labute approximate surface area is 122 Å². The summed E-state index contributed by atoms with van der Waals surface area (Å²) in [7, 11) is 0. The van der Waals surface area contributed by atoms with E-state index in [9.17, 15) is 0 Å². The highest BCUT2D eigenvalue weighted by Gasteiger charge is 2.05. The highest BCUT2D eigenvalue weighted by molar-refractivity contribution is 6.30. The summed E-state index contributed by atoms with van der Waals surface area (Å²) in [6.07, 6.45) is 1.77. The first-order chi connectivity index (χ1) is 9.63. The van der Waals surface area contributed by atoms with Gasteiger partial charge in [-0.1, -0.05) is 11.6 Å². The van der Waals surface area contributed by atoms with Gasteiger partial charge in [-0.2, -0.15) is 0 Å². The van der Waals surface area contributed by atoms with E-state index in [1.54, 1.807) is 6.20 Å². The van der Waals surface area contributed by atoms with Gasteiger partial charge in [-0.3, -0.25) is 0 Å². The first kappa shape index (κ1) is 12.8. The molecule has 0 unspecified atom stereocenters. The summed E-state index contributed by atoms with van der Waals surface area (Å²) in [6.45, 7) is 2.01. The normalized spacial score (nSPS) is 10.7. The fourth-order valence-corrected chi connectivity index (χ4v) is 2.42. The number of hydrogen-bond acceptors (Lipinski definition) is 3. The van der Waals surface area contributed by atoms with Crippen molar-refractivity contribution in [3.05, 3.63) is 59.2 Å². The lowest BCUT2D eigenvalue weighted by Crippen LogP contribution is -1.97. The van der Waals surface area contributed by atoms with Gasteiger partial charge in [0.15, 0.2) is 0 Å². The highest BCUT2D eigenvalue weighted by Crippen LogP contribution is 2.28. The summed E-state index contributed by atoms with van der Waals surface area (Å²) >= 11 is 5.98. The molecular weight excluding hydrogens is 270 g/mol. The van der Waals surface area contributed by atoms with Crippen molar-refractivity contribution in [3.8, 4) is 0 Å². The molecule has 0 aliphatic rings. The number of aromatic nitrogens is 1. The van der Waals surface area contributed by atoms with Crippen LogP contribution in [-0.2, 0) is 0 Å². The van der Waals surface area contributed by atoms with E-state index >= 15 is 0 Å². The van der Waals surface area contributed by atoms with Gasteiger partial charge in [0.1, 0.15) is 5.82 Å². The number of halogens is 1. The molecule has 4 heteroatoms. The van der Waals surface area contributed by atoms with Crippen LogP contribution in [0.3, 0.4) is 0 Å². The van der Waals surface area contributed by atoms with Gasteiger partial charge >= 0.3 is 0 Å². The zero-order valence-corrected chi connectivity index (χ0v) is 11.8. The Hall–Kier alpha value is -2.26. The number of nitrogens with one attached hydrogen (secondary N) is 1. The summed E-state index contributed by atoms with van der Waals surface area (Å²) in [6, 6.07) is 13.5. The summed E-state index contributed by atoms with van der Waals surface area (Å²) < 4.78 is 0. The third-order valence-corrected chi connectivity index (χ3v) is 3.47. The van der Waals surface area contributed by atoms with Gasteiger partial charge in [0.25, 0.3) is 0 Å². The van der Waals surface area contributed by atoms with Crippen molar-refractivity contribution >= 4 is 39.6 Å². The average Bonchev–Trinajstić information content (AvgIpc) is 2.41. The van der Waals surface area contributed by atoms with Gasteiger partial charge in [0.2, 0.25) is 0 Å². The Kier molecular flexibility index (Phi) is 3.20. The van der Waals surface area contributed by atoms with Gasteiger partial charge in [-0.25, -0.2) is 4.98 Å². The van der Waals surface area contributed by atoms with Crippen molar-refractivity contribution in [1.82, 2.24) is 4.98 Å². The molecule has 0 aliphatic heterocycles. The van der Waals surface area contributed by atoms with Crippen molar-refractivity contribution in [1.29, 1.82) is 0 Å². The lowest BCUT2D eigenvalue weighted by molar-refractivity contribution is 1.32. The Bertz CT molecular complexity index is 784. The number of fused-ring (bicyclic) bond motifs is 1. The molecule has 2 aromatic carbocycles. The molecule has 1 aromatic heterocycles. The van der Waals surface area contributed by atoms with E-state index in [2.05, 4.69) is 10.3 Å². The summed E-state index contributed by atoms with van der Waals surface area (Å²) in [4.78, 5) is 4.41. The summed E-state index contributed by atoms with van der Waals surface area (Å²) in [5, 5.41) is 6.18. The zero-order valence-electron chi connectivity index (χ0n) is 11.0. The van der Waals surface area contributed by atoms with Crippen LogP contribution in [0.1, 0.15) is 5.56 Å². The van der Waals surface area contributed by atoms with Crippen LogP contribution in [-0.4, -0.2) is 4.98 Å². The molecule has 0 saturated carbocycles. The molecule has 3 N–H and O–H groups in total. The molecule has 0 atom stereocenters.